The van der Waals surface area contributed by atoms with Crippen molar-refractivity contribution in [2.45, 2.75) is 31.2 Å². The van der Waals surface area contributed by atoms with Gasteiger partial charge in [0, 0.05) is 5.54 Å². The summed E-state index contributed by atoms with van der Waals surface area (Å²) >= 11 is 0. The third-order valence-electron chi connectivity index (χ3n) is 2.24. The van der Waals surface area contributed by atoms with E-state index in [-0.39, 0.29) is 5.54 Å². The Morgan fingerprint density at radius 1 is 1.64 bits per heavy atom. The lowest BCUT2D eigenvalue weighted by atomic mass is 10.1. The Bertz CT molecular complexity index is 225. The van der Waals surface area contributed by atoms with Crippen LogP contribution in [0.15, 0.2) is 6.20 Å². The number of nitrogens with one attached hydrogen (secondary N) is 1. The Morgan fingerprint density at radius 3 is 3.00 bits per heavy atom. The first-order chi connectivity index (χ1) is 5.29. The van der Waals surface area contributed by atoms with Gasteiger partial charge >= 0.3 is 0 Å². The topological polar surface area (TPSA) is 67.6 Å². The van der Waals surface area contributed by atoms with Gasteiger partial charge < -0.3 is 5.73 Å². The highest BCUT2D eigenvalue weighted by Crippen LogP contribution is 2.36. The van der Waals surface area contributed by atoms with E-state index in [4.69, 9.17) is 5.73 Å². The summed E-state index contributed by atoms with van der Waals surface area (Å²) in [5, 5.41) is 10.3. The second-order valence-corrected chi connectivity index (χ2v) is 3.32. The fraction of sp³-hybridized carbons (Fsp3) is 0.714. The molecule has 0 aliphatic heterocycles. The summed E-state index contributed by atoms with van der Waals surface area (Å²) in [5.74, 6) is 0. The van der Waals surface area contributed by atoms with Crippen LogP contribution >= 0.6 is 0 Å². The average Bonchev–Trinajstić information content (AvgIpc) is 2.53. The molecule has 1 saturated carbocycles. The third kappa shape index (κ3) is 1.57. The zero-order valence-corrected chi connectivity index (χ0v) is 6.38. The van der Waals surface area contributed by atoms with Crippen molar-refractivity contribution in [3.63, 3.8) is 0 Å². The molecule has 1 aromatic rings. The minimum Gasteiger partial charge on any atom is -0.325 e. The van der Waals surface area contributed by atoms with E-state index >= 15 is 0 Å². The fourth-order valence-corrected chi connectivity index (χ4v) is 1.13. The van der Waals surface area contributed by atoms with Crippen molar-refractivity contribution in [2.24, 2.45) is 5.73 Å². The largest absolute Gasteiger partial charge is 0.325 e. The van der Waals surface area contributed by atoms with Gasteiger partial charge in [-0.05, 0) is 25.7 Å². The van der Waals surface area contributed by atoms with Gasteiger partial charge in [0.05, 0.1) is 11.9 Å². The van der Waals surface area contributed by atoms with Gasteiger partial charge in [0.15, 0.2) is 0 Å². The SMILES string of the molecule is NC1(CCc2cn[nH]n2)CC1. The maximum absolute atomic E-state index is 5.90. The third-order valence-corrected chi connectivity index (χ3v) is 2.24. The Balaban J connectivity index is 1.83. The van der Waals surface area contributed by atoms with Crippen LogP contribution < -0.4 is 5.73 Å². The molecule has 4 heteroatoms. The molecule has 4 nitrogen and oxygen atoms in total. The Hall–Kier alpha value is -0.900. The highest BCUT2D eigenvalue weighted by molar-refractivity contribution is 5.02. The zero-order valence-electron chi connectivity index (χ0n) is 6.38. The highest BCUT2D eigenvalue weighted by atomic mass is 15.3. The lowest BCUT2D eigenvalue weighted by Gasteiger charge is -2.04. The second kappa shape index (κ2) is 2.30. The molecule has 1 aliphatic rings. The van der Waals surface area contributed by atoms with Gasteiger partial charge in [-0.2, -0.15) is 15.4 Å². The Morgan fingerprint density at radius 2 is 2.45 bits per heavy atom. The molecule has 0 unspecified atom stereocenters. The van der Waals surface area contributed by atoms with Gasteiger partial charge in [0.2, 0.25) is 0 Å². The van der Waals surface area contributed by atoms with Gasteiger partial charge in [-0.15, -0.1) is 0 Å². The van der Waals surface area contributed by atoms with Crippen molar-refractivity contribution in [3.05, 3.63) is 11.9 Å². The first-order valence-corrected chi connectivity index (χ1v) is 3.92. The van der Waals surface area contributed by atoms with Crippen LogP contribution in [0, 0.1) is 0 Å². The van der Waals surface area contributed by atoms with Gasteiger partial charge in [-0.25, -0.2) is 0 Å². The zero-order chi connectivity index (χ0) is 7.73. The molecule has 11 heavy (non-hydrogen) atoms. The Labute approximate surface area is 65.2 Å². The number of nitrogens with zero attached hydrogens (tertiary/aromatic N) is 2. The van der Waals surface area contributed by atoms with Crippen LogP contribution in [0.4, 0.5) is 0 Å². The summed E-state index contributed by atoms with van der Waals surface area (Å²) in [7, 11) is 0. The highest BCUT2D eigenvalue weighted by Gasteiger charge is 2.37. The predicted molar refractivity (Wildman–Crippen MR) is 40.9 cm³/mol. The fourth-order valence-electron chi connectivity index (χ4n) is 1.13. The number of aromatic nitrogens is 3. The van der Waals surface area contributed by atoms with Crippen molar-refractivity contribution < 1.29 is 0 Å². The molecule has 2 rings (SSSR count). The molecular formula is C7H12N4. The van der Waals surface area contributed by atoms with Crippen LogP contribution in [0.2, 0.25) is 0 Å². The van der Waals surface area contributed by atoms with Gasteiger partial charge in [-0.3, -0.25) is 0 Å². The van der Waals surface area contributed by atoms with Crippen molar-refractivity contribution in [1.82, 2.24) is 15.4 Å². The molecule has 0 atom stereocenters. The van der Waals surface area contributed by atoms with E-state index in [9.17, 15) is 0 Å². The predicted octanol–water partition coefficient (Wildman–Crippen LogP) is 0.229. The molecule has 1 aromatic heterocycles. The molecule has 0 saturated heterocycles. The normalized spacial score (nSPS) is 20.1. The molecule has 0 spiro atoms. The number of H-pyrrole nitrogens is 1. The summed E-state index contributed by atoms with van der Waals surface area (Å²) in [6, 6.07) is 0. The van der Waals surface area contributed by atoms with Crippen molar-refractivity contribution in [2.75, 3.05) is 0 Å². The minimum atomic E-state index is 0.138. The van der Waals surface area contributed by atoms with E-state index in [0.29, 0.717) is 0 Å². The molecule has 0 amide bonds. The van der Waals surface area contributed by atoms with Gasteiger partial charge in [0.1, 0.15) is 0 Å². The van der Waals surface area contributed by atoms with E-state index in [2.05, 4.69) is 15.4 Å². The maximum atomic E-state index is 5.90. The number of hydrogen-bond acceptors (Lipinski definition) is 3. The smallest absolute Gasteiger partial charge is 0.0825 e. The number of aryl methyl sites for hydroxylation is 1. The second-order valence-electron chi connectivity index (χ2n) is 3.32. The quantitative estimate of drug-likeness (QED) is 0.651. The number of hydrogen-bond donors (Lipinski definition) is 2. The van der Waals surface area contributed by atoms with E-state index in [1.807, 2.05) is 0 Å². The Kier molecular flexibility index (Phi) is 1.42. The lowest BCUT2D eigenvalue weighted by Crippen LogP contribution is -2.22. The molecule has 3 N–H and O–H groups in total. The first kappa shape index (κ1) is 6.79. The van der Waals surface area contributed by atoms with E-state index in [1.165, 1.54) is 12.8 Å². The summed E-state index contributed by atoms with van der Waals surface area (Å²) in [6.07, 6.45) is 6.09. The molecule has 0 radical (unpaired) electrons. The number of aromatic amines is 1. The average molecular weight is 152 g/mol. The molecule has 1 heterocycles. The van der Waals surface area contributed by atoms with E-state index in [0.717, 1.165) is 18.5 Å². The van der Waals surface area contributed by atoms with E-state index < -0.39 is 0 Å². The summed E-state index contributed by atoms with van der Waals surface area (Å²) in [5.41, 5.74) is 7.06. The van der Waals surface area contributed by atoms with Crippen molar-refractivity contribution in [1.29, 1.82) is 0 Å². The summed E-state index contributed by atoms with van der Waals surface area (Å²) in [4.78, 5) is 0. The van der Waals surface area contributed by atoms with Crippen LogP contribution in [0.25, 0.3) is 0 Å². The number of nitrogens with two attached hydrogens (primary N) is 1. The maximum Gasteiger partial charge on any atom is 0.0825 e. The molecule has 0 bridgehead atoms. The standard InChI is InChI=1S/C7H12N4/c8-7(3-4-7)2-1-6-5-9-11-10-6/h5H,1-4,8H2,(H,9,10,11). The van der Waals surface area contributed by atoms with Crippen LogP contribution in [0.3, 0.4) is 0 Å². The van der Waals surface area contributed by atoms with Crippen LogP contribution in [0.5, 0.6) is 0 Å². The van der Waals surface area contributed by atoms with Crippen molar-refractivity contribution >= 4 is 0 Å². The monoisotopic (exact) mass is 152 g/mol. The molecule has 1 aliphatic carbocycles. The molecular weight excluding hydrogens is 140 g/mol. The minimum absolute atomic E-state index is 0.138. The van der Waals surface area contributed by atoms with Crippen LogP contribution in [-0.2, 0) is 6.42 Å². The molecule has 0 aromatic carbocycles. The van der Waals surface area contributed by atoms with Gasteiger partial charge in [0.25, 0.3) is 0 Å². The lowest BCUT2D eigenvalue weighted by molar-refractivity contribution is 0.602. The van der Waals surface area contributed by atoms with Crippen LogP contribution in [-0.4, -0.2) is 20.9 Å². The van der Waals surface area contributed by atoms with E-state index in [1.54, 1.807) is 6.20 Å². The molecule has 60 valence electrons. The molecule has 1 fully saturated rings. The van der Waals surface area contributed by atoms with Crippen molar-refractivity contribution in [3.8, 4) is 0 Å². The van der Waals surface area contributed by atoms with Crippen LogP contribution in [0.1, 0.15) is 25.0 Å². The summed E-state index contributed by atoms with van der Waals surface area (Å²) < 4.78 is 0. The summed E-state index contributed by atoms with van der Waals surface area (Å²) in [6.45, 7) is 0. The van der Waals surface area contributed by atoms with Gasteiger partial charge in [-0.1, -0.05) is 0 Å². The first-order valence-electron chi connectivity index (χ1n) is 3.92. The number of rotatable bonds is 3.